The van der Waals surface area contributed by atoms with Gasteiger partial charge in [0.15, 0.2) is 17.4 Å². The number of aromatic nitrogens is 4. The van der Waals surface area contributed by atoms with Gasteiger partial charge in [0.1, 0.15) is 18.3 Å². The molecule has 170 valence electrons. The highest BCUT2D eigenvalue weighted by atomic mass is 35.5. The number of ether oxygens (including phenoxy) is 1. The largest absolute Gasteiger partial charge is 0.386 e. The van der Waals surface area contributed by atoms with E-state index in [1.54, 1.807) is 0 Å². The lowest BCUT2D eigenvalue weighted by atomic mass is 10.1. The van der Waals surface area contributed by atoms with Crippen molar-refractivity contribution >= 4 is 46.8 Å². The molecule has 2 saturated heterocycles. The Morgan fingerprint density at radius 2 is 2.00 bits per heavy atom. The van der Waals surface area contributed by atoms with Gasteiger partial charge in [0.25, 0.3) is 5.56 Å². The maximum atomic E-state index is 13.4. The molecule has 2 aliphatic heterocycles. The average molecular weight is 504 g/mol. The molecule has 3 aromatic rings. The van der Waals surface area contributed by atoms with Crippen LogP contribution in [0.5, 0.6) is 0 Å². The fraction of sp³-hybridized carbons (Fsp3) is 0.312. The van der Waals surface area contributed by atoms with E-state index in [1.165, 1.54) is 24.3 Å². The topological polar surface area (TPSA) is 189 Å². The van der Waals surface area contributed by atoms with E-state index < -0.39 is 53.3 Å². The summed E-state index contributed by atoms with van der Waals surface area (Å²) >= 11 is 5.86. The molecule has 0 radical (unpaired) electrons. The molecule has 0 spiro atoms. The number of fused-ring (bicyclic) bond motifs is 2. The first-order valence-electron chi connectivity index (χ1n) is 9.12. The van der Waals surface area contributed by atoms with Crippen LogP contribution in [0, 0.1) is 0 Å². The van der Waals surface area contributed by atoms with Crippen molar-refractivity contribution in [3.05, 3.63) is 39.6 Å². The van der Waals surface area contributed by atoms with Crippen LogP contribution in [-0.4, -0.2) is 58.0 Å². The van der Waals surface area contributed by atoms with Gasteiger partial charge >= 0.3 is 8.25 Å². The van der Waals surface area contributed by atoms with Crippen LogP contribution in [0.3, 0.4) is 0 Å². The number of aromatic amines is 1. The first kappa shape index (κ1) is 21.5. The predicted octanol–water partition coefficient (Wildman–Crippen LogP) is 0.251. The van der Waals surface area contributed by atoms with Gasteiger partial charge < -0.3 is 24.6 Å². The fourth-order valence-electron chi connectivity index (χ4n) is 3.63. The Bertz CT molecular complexity index is 1410. The Labute approximate surface area is 185 Å². The van der Waals surface area contributed by atoms with E-state index in [-0.39, 0.29) is 28.6 Å². The summed E-state index contributed by atoms with van der Waals surface area (Å²) in [6, 6.07) is 5.29. The molecule has 2 aliphatic rings. The molecular weight excluding hydrogens is 489 g/mol. The second-order valence-electron chi connectivity index (χ2n) is 7.04. The van der Waals surface area contributed by atoms with Gasteiger partial charge in [-0.1, -0.05) is 11.6 Å². The Kier molecular flexibility index (Phi) is 5.13. The number of hydrogen-bond donors (Lipinski definition) is 3. The summed E-state index contributed by atoms with van der Waals surface area (Å²) < 4.78 is 55.4. The van der Waals surface area contributed by atoms with E-state index in [9.17, 15) is 22.9 Å². The van der Waals surface area contributed by atoms with Crippen LogP contribution in [0.15, 0.2) is 39.1 Å². The molecule has 5 rings (SSSR count). The smallest absolute Gasteiger partial charge is 0.319 e. The van der Waals surface area contributed by atoms with Crippen molar-refractivity contribution in [2.24, 2.45) is 0 Å². The van der Waals surface area contributed by atoms with Crippen molar-refractivity contribution in [2.45, 2.75) is 34.6 Å². The SMILES string of the molecule is Nc1nc2c(nc(S(=O)(=O)c3ccc(Cl)cc3)n2[C@@H]2OC3CO[PH](=O)O[C@H]3C2O)c(=O)[nH]1. The number of nitrogen functional groups attached to an aromatic ring is 1. The highest BCUT2D eigenvalue weighted by molar-refractivity contribution is 7.91. The minimum absolute atomic E-state index is 0.141. The van der Waals surface area contributed by atoms with Crippen LogP contribution in [0.1, 0.15) is 6.23 Å². The van der Waals surface area contributed by atoms with Gasteiger partial charge in [0, 0.05) is 5.02 Å². The molecule has 4 heterocycles. The Morgan fingerprint density at radius 3 is 2.72 bits per heavy atom. The number of aliphatic hydroxyl groups is 1. The molecule has 1 aromatic carbocycles. The van der Waals surface area contributed by atoms with E-state index in [0.717, 1.165) is 4.57 Å². The van der Waals surface area contributed by atoms with Crippen molar-refractivity contribution in [2.75, 3.05) is 12.3 Å². The summed E-state index contributed by atoms with van der Waals surface area (Å²) in [6.07, 6.45) is -4.78. The van der Waals surface area contributed by atoms with Gasteiger partial charge in [-0.25, -0.2) is 13.4 Å². The van der Waals surface area contributed by atoms with Crippen LogP contribution in [0.4, 0.5) is 5.95 Å². The number of H-pyrrole nitrogens is 1. The summed E-state index contributed by atoms with van der Waals surface area (Å²) in [5.41, 5.74) is 4.31. The zero-order chi connectivity index (χ0) is 22.8. The van der Waals surface area contributed by atoms with Crippen molar-refractivity contribution in [1.82, 2.24) is 19.5 Å². The lowest BCUT2D eigenvalue weighted by Crippen LogP contribution is -2.37. The lowest BCUT2D eigenvalue weighted by Gasteiger charge is -2.24. The average Bonchev–Trinajstić information content (AvgIpc) is 3.27. The van der Waals surface area contributed by atoms with Gasteiger partial charge in [-0.05, 0) is 24.3 Å². The first-order valence-corrected chi connectivity index (χ1v) is 12.2. The van der Waals surface area contributed by atoms with E-state index in [2.05, 4.69) is 15.0 Å². The Balaban J connectivity index is 1.74. The third-order valence-electron chi connectivity index (χ3n) is 5.06. The van der Waals surface area contributed by atoms with Crippen molar-refractivity contribution < 1.29 is 31.9 Å². The molecular formula is C16H15ClN5O8PS. The van der Waals surface area contributed by atoms with Gasteiger partial charge in [0.05, 0.1) is 11.5 Å². The summed E-state index contributed by atoms with van der Waals surface area (Å²) in [4.78, 5) is 22.5. The molecule has 0 amide bonds. The molecule has 13 nitrogen and oxygen atoms in total. The van der Waals surface area contributed by atoms with Crippen molar-refractivity contribution in [3.8, 4) is 0 Å². The number of sulfone groups is 1. The molecule has 0 saturated carbocycles. The maximum absolute atomic E-state index is 13.4. The zero-order valence-electron chi connectivity index (χ0n) is 15.8. The van der Waals surface area contributed by atoms with Crippen molar-refractivity contribution in [3.63, 3.8) is 0 Å². The number of rotatable bonds is 3. The molecule has 5 atom stereocenters. The number of nitrogens with zero attached hydrogens (tertiary/aromatic N) is 3. The second-order valence-corrected chi connectivity index (χ2v) is 10.3. The number of hydrogen-bond acceptors (Lipinski definition) is 11. The van der Waals surface area contributed by atoms with Crippen LogP contribution < -0.4 is 11.3 Å². The Hall–Kier alpha value is -2.32. The van der Waals surface area contributed by atoms with Crippen LogP contribution in [0.2, 0.25) is 5.02 Å². The molecule has 32 heavy (non-hydrogen) atoms. The first-order chi connectivity index (χ1) is 15.2. The minimum Gasteiger partial charge on any atom is -0.386 e. The quantitative estimate of drug-likeness (QED) is 0.415. The molecule has 2 aromatic heterocycles. The number of aliphatic hydroxyl groups excluding tert-OH is 1. The summed E-state index contributed by atoms with van der Waals surface area (Å²) in [5.74, 6) is -0.298. The third kappa shape index (κ3) is 3.35. The summed E-state index contributed by atoms with van der Waals surface area (Å²) in [6.45, 7) is -0.141. The number of imidazole rings is 1. The number of nitrogens with two attached hydrogens (primary N) is 1. The standard InChI is InChI=1S/C16H15ClN5O8PS/c17-6-1-3-7(4-2-6)32(26,27)16-19-9-12(20-15(18)21-13(9)24)22(16)14-10(23)11-8(29-14)5-28-31(25)30-11/h1-4,8,10-11,14,23,31H,5H2,(H3,18,20,21,24)/t8?,10?,11-,14-/m1/s1. The maximum Gasteiger partial charge on any atom is 0.319 e. The van der Waals surface area contributed by atoms with Gasteiger partial charge in [-0.2, -0.15) is 4.98 Å². The van der Waals surface area contributed by atoms with Crippen LogP contribution >= 0.6 is 19.9 Å². The molecule has 0 aliphatic carbocycles. The van der Waals surface area contributed by atoms with Gasteiger partial charge in [-0.15, -0.1) is 0 Å². The van der Waals surface area contributed by atoms with E-state index >= 15 is 0 Å². The summed E-state index contributed by atoms with van der Waals surface area (Å²) in [7, 11) is -7.19. The van der Waals surface area contributed by atoms with E-state index in [4.69, 9.17) is 31.1 Å². The third-order valence-corrected chi connectivity index (χ3v) is 7.84. The van der Waals surface area contributed by atoms with Crippen LogP contribution in [0.25, 0.3) is 11.2 Å². The molecule has 2 fully saturated rings. The molecule has 4 N–H and O–H groups in total. The fourth-order valence-corrected chi connectivity index (χ4v) is 6.00. The zero-order valence-corrected chi connectivity index (χ0v) is 18.4. The Morgan fingerprint density at radius 1 is 1.28 bits per heavy atom. The number of anilines is 1. The summed E-state index contributed by atoms with van der Waals surface area (Å²) in [5, 5.41) is 10.5. The predicted molar refractivity (Wildman–Crippen MR) is 109 cm³/mol. The second kappa shape index (κ2) is 7.63. The van der Waals surface area contributed by atoms with Gasteiger partial charge in [0.2, 0.25) is 20.9 Å². The number of halogens is 1. The molecule has 3 unspecified atom stereocenters. The van der Waals surface area contributed by atoms with E-state index in [1.807, 2.05) is 0 Å². The highest BCUT2D eigenvalue weighted by Crippen LogP contribution is 2.44. The molecule has 0 bridgehead atoms. The highest BCUT2D eigenvalue weighted by Gasteiger charge is 2.50. The van der Waals surface area contributed by atoms with Crippen molar-refractivity contribution in [1.29, 1.82) is 0 Å². The monoisotopic (exact) mass is 503 g/mol. The normalized spacial score (nSPS) is 28.1. The minimum atomic E-state index is -4.34. The van der Waals surface area contributed by atoms with Crippen LogP contribution in [-0.2, 0) is 28.2 Å². The van der Waals surface area contributed by atoms with Gasteiger partial charge in [-0.3, -0.25) is 18.9 Å². The lowest BCUT2D eigenvalue weighted by molar-refractivity contribution is -0.0585. The number of benzene rings is 1. The molecule has 16 heteroatoms. The number of nitrogens with one attached hydrogen (secondary N) is 1. The van der Waals surface area contributed by atoms with E-state index in [0.29, 0.717) is 5.02 Å².